The first-order valence-corrected chi connectivity index (χ1v) is 10.9. The molecule has 2 aromatic heterocycles. The number of halogens is 1. The number of aliphatic imine (C=N–C) groups is 1. The highest BCUT2D eigenvalue weighted by Gasteiger charge is 2.35. The molecule has 0 aliphatic carbocycles. The number of hydrogen-bond acceptors (Lipinski definition) is 8. The van der Waals surface area contributed by atoms with Crippen LogP contribution in [0.2, 0.25) is 0 Å². The summed E-state index contributed by atoms with van der Waals surface area (Å²) in [6.07, 6.45) is 14.4. The van der Waals surface area contributed by atoms with Crippen molar-refractivity contribution in [1.29, 1.82) is 0 Å². The van der Waals surface area contributed by atoms with Crippen LogP contribution in [0.5, 0.6) is 11.5 Å². The van der Waals surface area contributed by atoms with Crippen LogP contribution in [0.4, 0.5) is 10.1 Å². The summed E-state index contributed by atoms with van der Waals surface area (Å²) < 4.78 is 33.4. The van der Waals surface area contributed by atoms with Gasteiger partial charge in [-0.15, -0.1) is 0 Å². The minimum Gasteiger partial charge on any atom is -0.497 e. The first kappa shape index (κ1) is 22.5. The maximum atomic E-state index is 15.5. The van der Waals surface area contributed by atoms with E-state index in [1.54, 1.807) is 28.0 Å². The van der Waals surface area contributed by atoms with Gasteiger partial charge in [-0.05, 0) is 25.2 Å². The lowest BCUT2D eigenvalue weighted by molar-refractivity contribution is 0.373. The summed E-state index contributed by atoms with van der Waals surface area (Å²) in [6.45, 7) is 2.19. The summed E-state index contributed by atoms with van der Waals surface area (Å²) in [5, 5.41) is 7.80. The third-order valence-electron chi connectivity index (χ3n) is 5.95. The molecule has 9 nitrogen and oxygen atoms in total. The number of hydrogen-bond donors (Lipinski definition) is 1. The Morgan fingerprint density at radius 2 is 2.09 bits per heavy atom. The maximum Gasteiger partial charge on any atom is 0.213 e. The zero-order valence-corrected chi connectivity index (χ0v) is 19.8. The van der Waals surface area contributed by atoms with Crippen molar-refractivity contribution in [3.8, 4) is 11.5 Å². The van der Waals surface area contributed by atoms with Crippen LogP contribution in [0.3, 0.4) is 0 Å². The highest BCUT2D eigenvalue weighted by atomic mass is 19.1. The number of methoxy groups -OCH3 is 2. The van der Waals surface area contributed by atoms with E-state index in [0.29, 0.717) is 17.5 Å². The number of ether oxygens (including phenoxy) is 2. The molecule has 0 fully saturated rings. The summed E-state index contributed by atoms with van der Waals surface area (Å²) in [6, 6.07) is 3.11. The lowest BCUT2D eigenvalue weighted by Gasteiger charge is -2.39. The molecule has 0 saturated carbocycles. The second kappa shape index (κ2) is 8.79. The molecule has 1 unspecified atom stereocenters. The molecule has 3 aromatic rings. The standard InChI is InChI=1S/C25H25FN6O3/c1-25-11-16(17-13-29-31(2)14-17)12-28-21(25)5-6-22(30-25)32(15-23-27-7-8-35-23)19-9-18(33-3)10-20(34-4)24(19)26/h5-14,30H,15H2,1-4H3. The monoisotopic (exact) mass is 476 g/mol. The molecule has 1 N–H and O–H groups in total. The van der Waals surface area contributed by atoms with E-state index < -0.39 is 11.4 Å². The molecule has 1 atom stereocenters. The maximum absolute atomic E-state index is 15.5. The number of nitrogens with zero attached hydrogens (tertiary/aromatic N) is 5. The van der Waals surface area contributed by atoms with Crippen LogP contribution in [0.25, 0.3) is 5.57 Å². The number of aromatic nitrogens is 3. The highest BCUT2D eigenvalue weighted by Crippen LogP contribution is 2.38. The molecular formula is C25H25FN6O3. The van der Waals surface area contributed by atoms with Crippen LogP contribution in [-0.2, 0) is 13.6 Å². The molecule has 5 rings (SSSR count). The van der Waals surface area contributed by atoms with Crippen LogP contribution in [-0.4, -0.2) is 40.7 Å². The van der Waals surface area contributed by atoms with Crippen molar-refractivity contribution < 1.29 is 18.3 Å². The zero-order chi connectivity index (χ0) is 24.6. The van der Waals surface area contributed by atoms with Gasteiger partial charge in [-0.3, -0.25) is 9.67 Å². The van der Waals surface area contributed by atoms with Crippen molar-refractivity contribution in [2.75, 3.05) is 19.1 Å². The van der Waals surface area contributed by atoms with Gasteiger partial charge >= 0.3 is 0 Å². The third kappa shape index (κ3) is 4.18. The minimum absolute atomic E-state index is 0.0663. The van der Waals surface area contributed by atoms with Gasteiger partial charge in [-0.1, -0.05) is 0 Å². The Kier molecular flexibility index (Phi) is 5.64. The average Bonchev–Trinajstić information content (AvgIpc) is 3.53. The molecule has 35 heavy (non-hydrogen) atoms. The lowest BCUT2D eigenvalue weighted by Crippen LogP contribution is -2.48. The quantitative estimate of drug-likeness (QED) is 0.554. The third-order valence-corrected chi connectivity index (χ3v) is 5.95. The van der Waals surface area contributed by atoms with E-state index in [4.69, 9.17) is 13.9 Å². The number of oxazole rings is 1. The van der Waals surface area contributed by atoms with Crippen molar-refractivity contribution in [3.63, 3.8) is 0 Å². The fraction of sp³-hybridized carbons (Fsp3) is 0.240. The Labute approximate surface area is 201 Å². The molecule has 4 heterocycles. The molecule has 0 bridgehead atoms. The molecule has 10 heteroatoms. The molecule has 2 aliphatic heterocycles. The number of benzene rings is 1. The summed E-state index contributed by atoms with van der Waals surface area (Å²) in [5.41, 5.74) is 2.30. The fourth-order valence-electron chi connectivity index (χ4n) is 4.15. The van der Waals surface area contributed by atoms with Crippen LogP contribution < -0.4 is 19.7 Å². The van der Waals surface area contributed by atoms with Gasteiger partial charge in [-0.2, -0.15) is 5.10 Å². The summed E-state index contributed by atoms with van der Waals surface area (Å²) in [4.78, 5) is 10.6. The number of anilines is 1. The van der Waals surface area contributed by atoms with Crippen LogP contribution >= 0.6 is 0 Å². The van der Waals surface area contributed by atoms with Gasteiger partial charge in [0.15, 0.2) is 11.6 Å². The van der Waals surface area contributed by atoms with Gasteiger partial charge < -0.3 is 24.1 Å². The van der Waals surface area contributed by atoms with Crippen molar-refractivity contribution in [2.45, 2.75) is 19.0 Å². The number of rotatable bonds is 7. The molecule has 0 saturated heterocycles. The predicted molar refractivity (Wildman–Crippen MR) is 130 cm³/mol. The van der Waals surface area contributed by atoms with Crippen LogP contribution in [0, 0.1) is 5.82 Å². The van der Waals surface area contributed by atoms with E-state index in [-0.39, 0.29) is 18.0 Å². The van der Waals surface area contributed by atoms with Gasteiger partial charge in [0.25, 0.3) is 0 Å². The molecule has 180 valence electrons. The van der Waals surface area contributed by atoms with E-state index in [2.05, 4.69) is 26.5 Å². The Balaban J connectivity index is 1.57. The number of dihydropyridines is 2. The Morgan fingerprint density at radius 1 is 1.23 bits per heavy atom. The molecule has 0 amide bonds. The first-order valence-electron chi connectivity index (χ1n) is 10.9. The lowest BCUT2D eigenvalue weighted by atomic mass is 9.88. The normalized spacial score (nSPS) is 18.7. The van der Waals surface area contributed by atoms with Crippen LogP contribution in [0.15, 0.2) is 76.1 Å². The topological polar surface area (TPSA) is 89.9 Å². The minimum atomic E-state index is -0.654. The zero-order valence-electron chi connectivity index (χ0n) is 19.8. The van der Waals surface area contributed by atoms with E-state index in [1.165, 1.54) is 26.5 Å². The van der Waals surface area contributed by atoms with Crippen molar-refractivity contribution in [2.24, 2.45) is 12.0 Å². The average molecular weight is 477 g/mol. The summed E-state index contributed by atoms with van der Waals surface area (Å²) in [7, 11) is 4.81. The largest absolute Gasteiger partial charge is 0.497 e. The van der Waals surface area contributed by atoms with Crippen molar-refractivity contribution >= 4 is 17.5 Å². The van der Waals surface area contributed by atoms with Crippen LogP contribution in [0.1, 0.15) is 18.4 Å². The number of allylic oxidation sites excluding steroid dienone is 3. The fourth-order valence-corrected chi connectivity index (χ4v) is 4.15. The second-order valence-electron chi connectivity index (χ2n) is 8.37. The second-order valence-corrected chi connectivity index (χ2v) is 8.37. The van der Waals surface area contributed by atoms with Crippen molar-refractivity contribution in [1.82, 2.24) is 20.1 Å². The summed E-state index contributed by atoms with van der Waals surface area (Å²) in [5.74, 6) is 1.03. The van der Waals surface area contributed by atoms with Gasteiger partial charge in [0.1, 0.15) is 24.4 Å². The van der Waals surface area contributed by atoms with Gasteiger partial charge in [0.2, 0.25) is 5.89 Å². The van der Waals surface area contributed by atoms with Crippen molar-refractivity contribution in [3.05, 3.63) is 84.0 Å². The number of nitrogens with one attached hydrogen (secondary N) is 1. The van der Waals surface area contributed by atoms with Gasteiger partial charge in [-0.25, -0.2) is 9.37 Å². The smallest absolute Gasteiger partial charge is 0.213 e. The first-order chi connectivity index (χ1) is 16.9. The molecule has 2 aliphatic rings. The highest BCUT2D eigenvalue weighted by molar-refractivity contribution is 6.11. The van der Waals surface area contributed by atoms with E-state index in [1.807, 2.05) is 38.5 Å². The Morgan fingerprint density at radius 3 is 2.77 bits per heavy atom. The molecular weight excluding hydrogens is 451 g/mol. The molecule has 1 aromatic carbocycles. The molecule has 0 radical (unpaired) electrons. The SMILES string of the molecule is COc1cc(OC)c(F)c(N(Cc2ncco2)C2=CC=C3N=CC(c4cnn(C)c4)=CC3(C)N2)c1. The predicted octanol–water partition coefficient (Wildman–Crippen LogP) is 3.83. The number of aryl methyl sites for hydroxylation is 1. The van der Waals surface area contributed by atoms with E-state index >= 15 is 4.39 Å². The Bertz CT molecular complexity index is 1370. The van der Waals surface area contributed by atoms with E-state index in [0.717, 1.165) is 16.8 Å². The number of fused-ring (bicyclic) bond motifs is 1. The summed E-state index contributed by atoms with van der Waals surface area (Å²) >= 11 is 0. The van der Waals surface area contributed by atoms with E-state index in [9.17, 15) is 0 Å². The Hall–Kier alpha value is -4.34. The van der Waals surface area contributed by atoms with Gasteiger partial charge in [0.05, 0.1) is 43.5 Å². The molecule has 0 spiro atoms. The van der Waals surface area contributed by atoms with Gasteiger partial charge in [0, 0.05) is 42.7 Å².